The Hall–Kier alpha value is -2.66. The Morgan fingerprint density at radius 3 is 2.92 bits per heavy atom. The van der Waals surface area contributed by atoms with Crippen LogP contribution in [0.2, 0.25) is 0 Å². The maximum atomic E-state index is 11.6. The highest BCUT2D eigenvalue weighted by atomic mass is 32.1. The first kappa shape index (κ1) is 15.8. The molecule has 0 unspecified atom stereocenters. The number of ether oxygens (including phenoxy) is 1. The van der Waals surface area contributed by atoms with Crippen molar-refractivity contribution < 1.29 is 9.53 Å². The Bertz CT molecular complexity index is 933. The summed E-state index contributed by atoms with van der Waals surface area (Å²) < 4.78 is 4.76. The summed E-state index contributed by atoms with van der Waals surface area (Å²) in [6, 6.07) is 13.9. The molecule has 1 aliphatic carbocycles. The van der Waals surface area contributed by atoms with Crippen molar-refractivity contribution in [1.29, 1.82) is 0 Å². The second-order valence-corrected chi connectivity index (χ2v) is 6.93. The van der Waals surface area contributed by atoms with E-state index in [1.165, 1.54) is 37.5 Å². The number of methoxy groups -OCH3 is 1. The van der Waals surface area contributed by atoms with Crippen molar-refractivity contribution in [2.45, 2.75) is 19.3 Å². The van der Waals surface area contributed by atoms with Gasteiger partial charge in [0.05, 0.1) is 18.4 Å². The minimum absolute atomic E-state index is 0.346. The number of fused-ring (bicyclic) bond motifs is 1. The summed E-state index contributed by atoms with van der Waals surface area (Å²) in [4.78, 5) is 16.3. The Labute approximate surface area is 150 Å². The molecular weight excluding hydrogens is 332 g/mol. The van der Waals surface area contributed by atoms with E-state index in [1.807, 2.05) is 12.1 Å². The van der Waals surface area contributed by atoms with Crippen molar-refractivity contribution in [3.63, 3.8) is 0 Å². The molecule has 2 aromatic carbocycles. The lowest BCUT2D eigenvalue weighted by atomic mass is 10.1. The normalized spacial score (nSPS) is 12.7. The van der Waals surface area contributed by atoms with Crippen LogP contribution in [-0.4, -0.2) is 18.1 Å². The molecule has 0 atom stereocenters. The number of rotatable bonds is 4. The number of hydrogen-bond donors (Lipinski definition) is 1. The molecule has 5 heteroatoms. The molecule has 4 rings (SSSR count). The fourth-order valence-corrected chi connectivity index (χ4v) is 3.90. The van der Waals surface area contributed by atoms with E-state index < -0.39 is 0 Å². The van der Waals surface area contributed by atoms with Gasteiger partial charge in [-0.15, -0.1) is 11.3 Å². The summed E-state index contributed by atoms with van der Waals surface area (Å²) in [5, 5.41) is 6.13. The number of aromatic nitrogens is 1. The maximum Gasteiger partial charge on any atom is 0.337 e. The summed E-state index contributed by atoms with van der Waals surface area (Å²) in [6.07, 6.45) is 3.61. The van der Waals surface area contributed by atoms with Gasteiger partial charge in [-0.3, -0.25) is 0 Å². The number of benzene rings is 2. The first-order chi connectivity index (χ1) is 12.2. The van der Waals surface area contributed by atoms with Crippen molar-refractivity contribution in [2.24, 2.45) is 0 Å². The zero-order valence-corrected chi connectivity index (χ0v) is 14.7. The van der Waals surface area contributed by atoms with E-state index in [-0.39, 0.29) is 5.97 Å². The zero-order valence-electron chi connectivity index (χ0n) is 13.9. The van der Waals surface area contributed by atoms with Crippen molar-refractivity contribution in [3.8, 4) is 11.3 Å². The molecule has 0 amide bonds. The molecule has 1 heterocycles. The van der Waals surface area contributed by atoms with Crippen LogP contribution in [0.5, 0.6) is 0 Å². The van der Waals surface area contributed by atoms with Crippen LogP contribution in [0.1, 0.15) is 27.9 Å². The molecule has 1 aliphatic rings. The van der Waals surface area contributed by atoms with Crippen LogP contribution in [0.3, 0.4) is 0 Å². The van der Waals surface area contributed by atoms with Crippen molar-refractivity contribution in [3.05, 3.63) is 64.5 Å². The number of carbonyl (C=O) groups is 1. The molecule has 25 heavy (non-hydrogen) atoms. The quantitative estimate of drug-likeness (QED) is 0.685. The molecule has 0 saturated heterocycles. The number of nitrogens with zero attached hydrogens (tertiary/aromatic N) is 1. The Balaban J connectivity index is 1.55. The Morgan fingerprint density at radius 1 is 1.16 bits per heavy atom. The van der Waals surface area contributed by atoms with Gasteiger partial charge in [0.25, 0.3) is 0 Å². The van der Waals surface area contributed by atoms with Gasteiger partial charge in [-0.25, -0.2) is 9.78 Å². The van der Waals surface area contributed by atoms with Crippen LogP contribution in [0.15, 0.2) is 47.8 Å². The van der Waals surface area contributed by atoms with Crippen LogP contribution in [-0.2, 0) is 17.6 Å². The highest BCUT2D eigenvalue weighted by molar-refractivity contribution is 7.14. The lowest BCUT2D eigenvalue weighted by molar-refractivity contribution is 0.0601. The molecule has 0 spiro atoms. The van der Waals surface area contributed by atoms with Gasteiger partial charge < -0.3 is 10.1 Å². The molecular formula is C20H18N2O2S. The van der Waals surface area contributed by atoms with E-state index in [4.69, 9.17) is 4.74 Å². The molecule has 1 N–H and O–H groups in total. The van der Waals surface area contributed by atoms with Crippen LogP contribution < -0.4 is 5.32 Å². The van der Waals surface area contributed by atoms with Crippen LogP contribution in [0, 0.1) is 0 Å². The van der Waals surface area contributed by atoms with E-state index in [9.17, 15) is 4.79 Å². The average Bonchev–Trinajstić information content (AvgIpc) is 3.29. The Morgan fingerprint density at radius 2 is 2.04 bits per heavy atom. The van der Waals surface area contributed by atoms with Gasteiger partial charge in [0.15, 0.2) is 5.13 Å². The van der Waals surface area contributed by atoms with Crippen molar-refractivity contribution in [2.75, 3.05) is 12.4 Å². The molecule has 0 aliphatic heterocycles. The number of hydrogen-bond acceptors (Lipinski definition) is 5. The van der Waals surface area contributed by atoms with Gasteiger partial charge in [-0.05, 0) is 54.7 Å². The number of nitrogens with one attached hydrogen (secondary N) is 1. The molecule has 1 aromatic heterocycles. The third-order valence-electron chi connectivity index (χ3n) is 4.43. The summed E-state index contributed by atoms with van der Waals surface area (Å²) in [5.41, 5.74) is 6.39. The molecule has 4 nitrogen and oxygen atoms in total. The average molecular weight is 350 g/mol. The molecule has 126 valence electrons. The van der Waals surface area contributed by atoms with Crippen LogP contribution >= 0.6 is 11.3 Å². The first-order valence-electron chi connectivity index (χ1n) is 8.26. The van der Waals surface area contributed by atoms with E-state index in [2.05, 4.69) is 33.9 Å². The predicted octanol–water partition coefficient (Wildman–Crippen LogP) is 4.83. The van der Waals surface area contributed by atoms with E-state index >= 15 is 0 Å². The third-order valence-corrected chi connectivity index (χ3v) is 5.19. The summed E-state index contributed by atoms with van der Waals surface area (Å²) in [7, 11) is 1.38. The van der Waals surface area contributed by atoms with Crippen LogP contribution in [0.25, 0.3) is 11.3 Å². The topological polar surface area (TPSA) is 51.2 Å². The fraction of sp³-hybridized carbons (Fsp3) is 0.200. The van der Waals surface area contributed by atoms with Gasteiger partial charge in [0.1, 0.15) is 0 Å². The van der Waals surface area contributed by atoms with E-state index in [1.54, 1.807) is 23.5 Å². The number of carbonyl (C=O) groups excluding carboxylic acids is 1. The van der Waals surface area contributed by atoms with Crippen molar-refractivity contribution >= 4 is 28.1 Å². The summed E-state index contributed by atoms with van der Waals surface area (Å²) in [6.45, 7) is 0. The highest BCUT2D eigenvalue weighted by Crippen LogP contribution is 2.31. The largest absolute Gasteiger partial charge is 0.465 e. The highest BCUT2D eigenvalue weighted by Gasteiger charge is 2.13. The molecule has 0 radical (unpaired) electrons. The zero-order chi connectivity index (χ0) is 17.2. The summed E-state index contributed by atoms with van der Waals surface area (Å²) in [5.74, 6) is -0.346. The molecule has 0 bridgehead atoms. The second kappa shape index (κ2) is 6.69. The number of thiazole rings is 1. The van der Waals surface area contributed by atoms with Crippen molar-refractivity contribution in [1.82, 2.24) is 4.98 Å². The minimum Gasteiger partial charge on any atom is -0.465 e. The number of anilines is 2. The number of esters is 1. The van der Waals surface area contributed by atoms with Gasteiger partial charge in [-0.2, -0.15) is 0 Å². The first-order valence-corrected chi connectivity index (χ1v) is 9.14. The molecule has 0 saturated carbocycles. The second-order valence-electron chi connectivity index (χ2n) is 6.07. The smallest absolute Gasteiger partial charge is 0.337 e. The number of aryl methyl sites for hydroxylation is 2. The monoisotopic (exact) mass is 350 g/mol. The van der Waals surface area contributed by atoms with Gasteiger partial charge in [-0.1, -0.05) is 18.2 Å². The van der Waals surface area contributed by atoms with Gasteiger partial charge >= 0.3 is 5.97 Å². The molecule has 0 fully saturated rings. The van der Waals surface area contributed by atoms with Crippen LogP contribution in [0.4, 0.5) is 10.8 Å². The summed E-state index contributed by atoms with van der Waals surface area (Å²) >= 11 is 1.55. The Kier molecular flexibility index (Phi) is 4.24. The minimum atomic E-state index is -0.346. The van der Waals surface area contributed by atoms with E-state index in [0.717, 1.165) is 22.1 Å². The lowest BCUT2D eigenvalue weighted by Crippen LogP contribution is -2.01. The van der Waals surface area contributed by atoms with Gasteiger partial charge in [0.2, 0.25) is 0 Å². The van der Waals surface area contributed by atoms with Gasteiger partial charge in [0, 0.05) is 16.6 Å². The third kappa shape index (κ3) is 3.28. The predicted molar refractivity (Wildman–Crippen MR) is 101 cm³/mol. The molecule has 3 aromatic rings. The lowest BCUT2D eigenvalue weighted by Gasteiger charge is -2.05. The standard InChI is InChI=1S/C20H18N2O2S/c1-24-19(23)16-6-3-7-17(11-16)21-20-22-18(12-25-20)15-9-8-13-4-2-5-14(13)10-15/h3,6-12H,2,4-5H2,1H3,(H,21,22). The fourth-order valence-electron chi connectivity index (χ4n) is 3.16. The SMILES string of the molecule is COC(=O)c1cccc(Nc2nc(-c3ccc4c(c3)CCC4)cs2)c1. The van der Waals surface area contributed by atoms with E-state index in [0.29, 0.717) is 5.56 Å². The maximum absolute atomic E-state index is 11.6.